The van der Waals surface area contributed by atoms with E-state index in [0.29, 0.717) is 11.1 Å². The number of carbonyl (C=O) groups excluding carboxylic acids is 2. The number of methoxy groups -OCH3 is 1. The summed E-state index contributed by atoms with van der Waals surface area (Å²) in [6.07, 6.45) is 1.71. The van der Waals surface area contributed by atoms with Crippen molar-refractivity contribution in [1.29, 1.82) is 0 Å². The van der Waals surface area contributed by atoms with Crippen molar-refractivity contribution in [3.63, 3.8) is 0 Å². The average molecular weight is 299 g/mol. The second-order valence-corrected chi connectivity index (χ2v) is 4.80. The van der Waals surface area contributed by atoms with Gasteiger partial charge in [-0.1, -0.05) is 41.4 Å². The lowest BCUT2D eigenvalue weighted by Gasteiger charge is -2.08. The Bertz CT molecular complexity index is 415. The molecule has 3 nitrogen and oxygen atoms in total. The molecule has 1 aromatic rings. The molecule has 0 bridgehead atoms. The fourth-order valence-corrected chi connectivity index (χ4v) is 2.20. The van der Waals surface area contributed by atoms with Gasteiger partial charge in [0.2, 0.25) is 0 Å². The molecule has 0 spiro atoms. The highest BCUT2D eigenvalue weighted by atomic mass is 79.9. The Kier molecular flexibility index (Phi) is 5.35. The van der Waals surface area contributed by atoms with Crippen LogP contribution >= 0.6 is 15.9 Å². The van der Waals surface area contributed by atoms with Gasteiger partial charge in [-0.05, 0) is 18.6 Å². The summed E-state index contributed by atoms with van der Waals surface area (Å²) in [6.45, 7) is 2.02. The SMILES string of the molecule is CCC[C@@H](Br)C(=O)c1cccc(C(=O)OC)c1. The molecule has 1 rings (SSSR count). The Morgan fingerprint density at radius 1 is 1.35 bits per heavy atom. The lowest BCUT2D eigenvalue weighted by Crippen LogP contribution is -2.14. The highest BCUT2D eigenvalue weighted by molar-refractivity contribution is 9.10. The summed E-state index contributed by atoms with van der Waals surface area (Å²) in [6, 6.07) is 6.59. The molecular formula is C13H15BrO3. The van der Waals surface area contributed by atoms with Gasteiger partial charge in [-0.25, -0.2) is 4.79 Å². The monoisotopic (exact) mass is 298 g/mol. The number of hydrogen-bond acceptors (Lipinski definition) is 3. The summed E-state index contributed by atoms with van der Waals surface area (Å²) in [4.78, 5) is 23.1. The first-order valence-corrected chi connectivity index (χ1v) is 6.38. The normalized spacial score (nSPS) is 11.9. The predicted octanol–water partition coefficient (Wildman–Crippen LogP) is 3.22. The van der Waals surface area contributed by atoms with Crippen molar-refractivity contribution in [2.45, 2.75) is 24.6 Å². The molecule has 92 valence electrons. The zero-order chi connectivity index (χ0) is 12.8. The molecule has 0 saturated heterocycles. The summed E-state index contributed by atoms with van der Waals surface area (Å²) in [5.74, 6) is -0.432. The van der Waals surface area contributed by atoms with Gasteiger partial charge in [0, 0.05) is 5.56 Å². The maximum atomic E-state index is 12.0. The van der Waals surface area contributed by atoms with Crippen LogP contribution in [0.5, 0.6) is 0 Å². The Balaban J connectivity index is 2.91. The van der Waals surface area contributed by atoms with Gasteiger partial charge in [0.05, 0.1) is 17.5 Å². The maximum Gasteiger partial charge on any atom is 0.337 e. The van der Waals surface area contributed by atoms with E-state index in [2.05, 4.69) is 20.7 Å². The first kappa shape index (κ1) is 13.9. The standard InChI is InChI=1S/C13H15BrO3/c1-3-5-11(14)12(15)9-6-4-7-10(8-9)13(16)17-2/h4,6-8,11H,3,5H2,1-2H3/t11-/m1/s1. The van der Waals surface area contributed by atoms with Crippen LogP contribution in [-0.4, -0.2) is 23.7 Å². The molecule has 1 atom stereocenters. The molecule has 0 aliphatic heterocycles. The number of alkyl halides is 1. The van der Waals surface area contributed by atoms with Crippen molar-refractivity contribution in [2.24, 2.45) is 0 Å². The number of halogens is 1. The average Bonchev–Trinajstić information content (AvgIpc) is 2.37. The van der Waals surface area contributed by atoms with Crippen molar-refractivity contribution in [3.05, 3.63) is 35.4 Å². The quantitative estimate of drug-likeness (QED) is 0.476. The zero-order valence-corrected chi connectivity index (χ0v) is 11.5. The molecule has 4 heteroatoms. The molecule has 0 unspecified atom stereocenters. The fourth-order valence-electron chi connectivity index (χ4n) is 1.48. The van der Waals surface area contributed by atoms with Gasteiger partial charge in [-0.2, -0.15) is 0 Å². The summed E-state index contributed by atoms with van der Waals surface area (Å²) in [5, 5.41) is 0. The summed E-state index contributed by atoms with van der Waals surface area (Å²) in [5.41, 5.74) is 0.928. The van der Waals surface area contributed by atoms with E-state index in [9.17, 15) is 9.59 Å². The Morgan fingerprint density at radius 2 is 2.00 bits per heavy atom. The van der Waals surface area contributed by atoms with Crippen molar-refractivity contribution < 1.29 is 14.3 Å². The van der Waals surface area contributed by atoms with Crippen molar-refractivity contribution in [1.82, 2.24) is 0 Å². The van der Waals surface area contributed by atoms with Crippen LogP contribution in [-0.2, 0) is 4.74 Å². The summed E-state index contributed by atoms with van der Waals surface area (Å²) >= 11 is 3.35. The second-order valence-electron chi connectivity index (χ2n) is 3.69. The molecule has 0 heterocycles. The molecule has 0 radical (unpaired) electrons. The molecule has 0 saturated carbocycles. The van der Waals surface area contributed by atoms with E-state index >= 15 is 0 Å². The van der Waals surface area contributed by atoms with Gasteiger partial charge in [-0.3, -0.25) is 4.79 Å². The van der Waals surface area contributed by atoms with Crippen molar-refractivity contribution >= 4 is 27.7 Å². The molecule has 0 aliphatic rings. The number of esters is 1. The van der Waals surface area contributed by atoms with Gasteiger partial charge in [-0.15, -0.1) is 0 Å². The molecule has 0 aromatic heterocycles. The molecule has 17 heavy (non-hydrogen) atoms. The van der Waals surface area contributed by atoms with Crippen LogP contribution in [0, 0.1) is 0 Å². The lowest BCUT2D eigenvalue weighted by molar-refractivity contribution is 0.0600. The highest BCUT2D eigenvalue weighted by Gasteiger charge is 2.17. The third kappa shape index (κ3) is 3.66. The topological polar surface area (TPSA) is 43.4 Å². The molecule has 1 aromatic carbocycles. The largest absolute Gasteiger partial charge is 0.465 e. The van der Waals surface area contributed by atoms with Crippen LogP contribution in [0.1, 0.15) is 40.5 Å². The van der Waals surface area contributed by atoms with E-state index in [1.165, 1.54) is 7.11 Å². The van der Waals surface area contributed by atoms with Gasteiger partial charge in [0.15, 0.2) is 5.78 Å². The van der Waals surface area contributed by atoms with Crippen molar-refractivity contribution in [2.75, 3.05) is 7.11 Å². The minimum absolute atomic E-state index is 0.00222. The highest BCUT2D eigenvalue weighted by Crippen LogP contribution is 2.16. The number of benzene rings is 1. The minimum atomic E-state index is -0.429. The minimum Gasteiger partial charge on any atom is -0.465 e. The van der Waals surface area contributed by atoms with E-state index in [4.69, 9.17) is 0 Å². The number of rotatable bonds is 5. The third-order valence-electron chi connectivity index (χ3n) is 2.39. The van der Waals surface area contributed by atoms with Crippen molar-refractivity contribution in [3.8, 4) is 0 Å². The van der Waals surface area contributed by atoms with Gasteiger partial charge in [0.1, 0.15) is 0 Å². The van der Waals surface area contributed by atoms with Crippen LogP contribution < -0.4 is 0 Å². The van der Waals surface area contributed by atoms with Gasteiger partial charge < -0.3 is 4.74 Å². The third-order valence-corrected chi connectivity index (χ3v) is 3.27. The molecule has 0 amide bonds. The predicted molar refractivity (Wildman–Crippen MR) is 69.7 cm³/mol. The summed E-state index contributed by atoms with van der Waals surface area (Å²) < 4.78 is 4.62. The fraction of sp³-hybridized carbons (Fsp3) is 0.385. The number of carbonyl (C=O) groups is 2. The smallest absolute Gasteiger partial charge is 0.337 e. The van der Waals surface area contributed by atoms with Crippen LogP contribution in [0.25, 0.3) is 0 Å². The molecule has 0 fully saturated rings. The van der Waals surface area contributed by atoms with Crippen LogP contribution in [0.4, 0.5) is 0 Å². The summed E-state index contributed by atoms with van der Waals surface area (Å²) in [7, 11) is 1.32. The van der Waals surface area contributed by atoms with E-state index < -0.39 is 5.97 Å². The van der Waals surface area contributed by atoms with E-state index in [-0.39, 0.29) is 10.6 Å². The Labute approximate surface area is 109 Å². The lowest BCUT2D eigenvalue weighted by atomic mass is 10.0. The number of hydrogen-bond donors (Lipinski definition) is 0. The Hall–Kier alpha value is -1.16. The van der Waals surface area contributed by atoms with Crippen LogP contribution in [0.15, 0.2) is 24.3 Å². The van der Waals surface area contributed by atoms with Crippen LogP contribution in [0.2, 0.25) is 0 Å². The maximum absolute atomic E-state index is 12.0. The van der Waals surface area contributed by atoms with E-state index in [1.807, 2.05) is 6.92 Å². The van der Waals surface area contributed by atoms with Gasteiger partial charge >= 0.3 is 5.97 Å². The van der Waals surface area contributed by atoms with E-state index in [1.54, 1.807) is 24.3 Å². The number of ether oxygens (including phenoxy) is 1. The second kappa shape index (κ2) is 6.55. The first-order valence-electron chi connectivity index (χ1n) is 5.46. The Morgan fingerprint density at radius 3 is 2.59 bits per heavy atom. The first-order chi connectivity index (χ1) is 8.10. The zero-order valence-electron chi connectivity index (χ0n) is 9.90. The molecule has 0 aliphatic carbocycles. The molecular weight excluding hydrogens is 284 g/mol. The number of ketones is 1. The number of Topliss-reactive ketones (excluding diaryl/α,β-unsaturated/α-hetero) is 1. The van der Waals surface area contributed by atoms with Crippen LogP contribution in [0.3, 0.4) is 0 Å². The molecule has 0 N–H and O–H groups in total. The van der Waals surface area contributed by atoms with E-state index in [0.717, 1.165) is 12.8 Å². The van der Waals surface area contributed by atoms with Gasteiger partial charge in [0.25, 0.3) is 0 Å².